The Morgan fingerprint density at radius 3 is 1.02 bits per heavy atom. The van der Waals surface area contributed by atoms with Crippen LogP contribution in [0.3, 0.4) is 0 Å². The lowest BCUT2D eigenvalue weighted by Gasteiger charge is -2.11. The zero-order valence-electron chi connectivity index (χ0n) is 24.5. The molecule has 0 aliphatic heterocycles. The van der Waals surface area contributed by atoms with Gasteiger partial charge in [0.2, 0.25) is 0 Å². The minimum atomic E-state index is 0.657. The van der Waals surface area contributed by atoms with Gasteiger partial charge in [-0.1, -0.05) is 149 Å². The van der Waals surface area contributed by atoms with Crippen LogP contribution < -0.4 is 0 Å². The molecular formula is C38H37N3. The molecule has 3 nitrogen and oxygen atoms in total. The van der Waals surface area contributed by atoms with Gasteiger partial charge in [0.1, 0.15) is 0 Å². The maximum absolute atomic E-state index is 4.97. The monoisotopic (exact) mass is 535 g/mol. The highest BCUT2D eigenvalue weighted by Gasteiger charge is 2.14. The second-order valence-electron chi connectivity index (χ2n) is 9.07. The van der Waals surface area contributed by atoms with Crippen molar-refractivity contribution in [2.75, 3.05) is 0 Å². The molecule has 0 atom stereocenters. The summed E-state index contributed by atoms with van der Waals surface area (Å²) in [7, 11) is 0. The molecule has 0 aliphatic carbocycles. The highest BCUT2D eigenvalue weighted by atomic mass is 15.0. The average molecular weight is 536 g/mol. The third-order valence-corrected chi connectivity index (χ3v) is 6.37. The van der Waals surface area contributed by atoms with Crippen molar-refractivity contribution in [3.05, 3.63) is 139 Å². The van der Waals surface area contributed by atoms with Gasteiger partial charge in [0.25, 0.3) is 0 Å². The first-order chi connectivity index (χ1) is 20.2. The fraction of sp³-hybridized carbons (Fsp3) is 0.132. The molecule has 0 bridgehead atoms. The largest absolute Gasteiger partial charge is 0.208 e. The van der Waals surface area contributed by atoms with Gasteiger partial charge in [-0.2, -0.15) is 0 Å². The molecule has 0 saturated heterocycles. The van der Waals surface area contributed by atoms with E-state index in [-0.39, 0.29) is 0 Å². The summed E-state index contributed by atoms with van der Waals surface area (Å²) in [6, 6.07) is 45.8. The molecule has 0 N–H and O–H groups in total. The van der Waals surface area contributed by atoms with E-state index in [9.17, 15) is 0 Å². The molecule has 0 unspecified atom stereocenters. The van der Waals surface area contributed by atoms with E-state index in [0.29, 0.717) is 17.5 Å². The van der Waals surface area contributed by atoms with Crippen LogP contribution in [0.25, 0.3) is 56.4 Å². The summed E-state index contributed by atoms with van der Waals surface area (Å²) in [6.45, 7) is 10.1. The second-order valence-corrected chi connectivity index (χ2v) is 9.07. The Morgan fingerprint density at radius 1 is 0.317 bits per heavy atom. The minimum Gasteiger partial charge on any atom is -0.208 e. The van der Waals surface area contributed by atoms with Crippen LogP contribution in [0.1, 0.15) is 33.3 Å². The molecule has 0 fully saturated rings. The van der Waals surface area contributed by atoms with Gasteiger partial charge >= 0.3 is 0 Å². The zero-order valence-corrected chi connectivity index (χ0v) is 24.5. The number of aryl methyl sites for hydroxylation is 1. The first-order valence-electron chi connectivity index (χ1n) is 14.4. The number of rotatable bonds is 5. The molecule has 6 aromatic rings. The summed E-state index contributed by atoms with van der Waals surface area (Å²) >= 11 is 0. The normalized spacial score (nSPS) is 10.1. The summed E-state index contributed by atoms with van der Waals surface area (Å²) in [5.74, 6) is 1.98. The van der Waals surface area contributed by atoms with Crippen molar-refractivity contribution < 1.29 is 0 Å². The lowest BCUT2D eigenvalue weighted by Crippen LogP contribution is -2.00. The predicted molar refractivity (Wildman–Crippen MR) is 174 cm³/mol. The summed E-state index contributed by atoms with van der Waals surface area (Å²) in [6.07, 6.45) is 0. The van der Waals surface area contributed by atoms with Crippen molar-refractivity contribution in [3.8, 4) is 56.4 Å². The average Bonchev–Trinajstić information content (AvgIpc) is 3.07. The van der Waals surface area contributed by atoms with Crippen molar-refractivity contribution in [1.82, 2.24) is 15.0 Å². The van der Waals surface area contributed by atoms with Gasteiger partial charge in [-0.3, -0.25) is 0 Å². The summed E-state index contributed by atoms with van der Waals surface area (Å²) in [4.78, 5) is 14.8. The lowest BCUT2D eigenvalue weighted by molar-refractivity contribution is 1.07. The van der Waals surface area contributed by atoms with E-state index < -0.39 is 0 Å². The van der Waals surface area contributed by atoms with E-state index >= 15 is 0 Å². The molecule has 41 heavy (non-hydrogen) atoms. The van der Waals surface area contributed by atoms with E-state index in [1.54, 1.807) is 0 Å². The molecule has 204 valence electrons. The maximum atomic E-state index is 4.97. The van der Waals surface area contributed by atoms with Crippen molar-refractivity contribution in [1.29, 1.82) is 0 Å². The Bertz CT molecular complexity index is 1570. The molecule has 0 radical (unpaired) electrons. The predicted octanol–water partition coefficient (Wildman–Crippen LogP) is 10.6. The standard InChI is InChI=1S/C34H25N3.2C2H6/c1-24-11-8-18-29(21-24)32-35-33(30-19-9-16-27(22-30)25-12-4-2-5-13-25)37-34(36-32)31-20-10-17-28(23-31)26-14-6-3-7-15-26;2*1-2/h2-23H,1H3;2*1-2H3. The van der Waals surface area contributed by atoms with E-state index in [1.807, 2.05) is 45.9 Å². The maximum Gasteiger partial charge on any atom is 0.164 e. The number of hydrogen-bond donors (Lipinski definition) is 0. The van der Waals surface area contributed by atoms with Gasteiger partial charge in [-0.05, 0) is 47.4 Å². The highest BCUT2D eigenvalue weighted by Crippen LogP contribution is 2.30. The van der Waals surface area contributed by atoms with Crippen molar-refractivity contribution in [2.45, 2.75) is 34.6 Å². The Balaban J connectivity index is 0.000000929. The first-order valence-corrected chi connectivity index (χ1v) is 14.4. The quantitative estimate of drug-likeness (QED) is 0.220. The molecule has 3 heteroatoms. The van der Waals surface area contributed by atoms with Gasteiger partial charge in [-0.25, -0.2) is 15.0 Å². The first kappa shape index (κ1) is 29.1. The van der Waals surface area contributed by atoms with E-state index in [4.69, 9.17) is 15.0 Å². The molecule has 6 rings (SSSR count). The molecule has 0 spiro atoms. The number of nitrogens with zero attached hydrogens (tertiary/aromatic N) is 3. The minimum absolute atomic E-state index is 0.657. The SMILES string of the molecule is CC.CC.Cc1cccc(-c2nc(-c3cccc(-c4ccccc4)c3)nc(-c3cccc(-c4ccccc4)c3)n2)c1. The third kappa shape index (κ3) is 7.20. The van der Waals surface area contributed by atoms with Gasteiger partial charge in [0, 0.05) is 16.7 Å². The van der Waals surface area contributed by atoms with E-state index in [1.165, 1.54) is 0 Å². The van der Waals surface area contributed by atoms with Crippen molar-refractivity contribution in [3.63, 3.8) is 0 Å². The van der Waals surface area contributed by atoms with Crippen LogP contribution in [0, 0.1) is 6.92 Å². The Labute approximate surface area is 244 Å². The van der Waals surface area contributed by atoms with Gasteiger partial charge in [0.05, 0.1) is 0 Å². The fourth-order valence-corrected chi connectivity index (χ4v) is 4.48. The lowest BCUT2D eigenvalue weighted by atomic mass is 10.0. The van der Waals surface area contributed by atoms with Crippen LogP contribution in [0.5, 0.6) is 0 Å². The molecule has 1 heterocycles. The van der Waals surface area contributed by atoms with Crippen LogP contribution in [-0.2, 0) is 0 Å². The Kier molecular flexibility index (Phi) is 10.3. The highest BCUT2D eigenvalue weighted by molar-refractivity contribution is 5.74. The van der Waals surface area contributed by atoms with E-state index in [0.717, 1.165) is 44.5 Å². The molecule has 1 aromatic heterocycles. The molecular weight excluding hydrogens is 498 g/mol. The Morgan fingerprint density at radius 2 is 0.634 bits per heavy atom. The van der Waals surface area contributed by atoms with Crippen molar-refractivity contribution >= 4 is 0 Å². The molecule has 0 aliphatic rings. The van der Waals surface area contributed by atoms with E-state index in [2.05, 4.69) is 122 Å². The van der Waals surface area contributed by atoms with Crippen LogP contribution in [-0.4, -0.2) is 15.0 Å². The summed E-state index contributed by atoms with van der Waals surface area (Å²) < 4.78 is 0. The van der Waals surface area contributed by atoms with Gasteiger partial charge in [0.15, 0.2) is 17.5 Å². The molecule has 0 amide bonds. The topological polar surface area (TPSA) is 38.7 Å². The van der Waals surface area contributed by atoms with Gasteiger partial charge in [-0.15, -0.1) is 0 Å². The third-order valence-electron chi connectivity index (χ3n) is 6.37. The number of hydrogen-bond acceptors (Lipinski definition) is 3. The smallest absolute Gasteiger partial charge is 0.164 e. The molecule has 0 saturated carbocycles. The van der Waals surface area contributed by atoms with Crippen LogP contribution in [0.4, 0.5) is 0 Å². The van der Waals surface area contributed by atoms with Crippen LogP contribution in [0.15, 0.2) is 133 Å². The van der Waals surface area contributed by atoms with Crippen molar-refractivity contribution in [2.24, 2.45) is 0 Å². The summed E-state index contributed by atoms with van der Waals surface area (Å²) in [5.41, 5.74) is 8.63. The molecule has 5 aromatic carbocycles. The van der Waals surface area contributed by atoms with Crippen LogP contribution in [0.2, 0.25) is 0 Å². The summed E-state index contributed by atoms with van der Waals surface area (Å²) in [5, 5.41) is 0. The van der Waals surface area contributed by atoms with Crippen LogP contribution >= 0.6 is 0 Å². The Hall–Kier alpha value is -4.89. The zero-order chi connectivity index (χ0) is 29.0. The number of aromatic nitrogens is 3. The van der Waals surface area contributed by atoms with Gasteiger partial charge < -0.3 is 0 Å². The number of benzene rings is 5. The fourth-order valence-electron chi connectivity index (χ4n) is 4.48. The second kappa shape index (κ2) is 14.5.